The Bertz CT molecular complexity index is 1500. The lowest BCUT2D eigenvalue weighted by Gasteiger charge is -2.13. The average molecular weight is 489 g/mol. The number of thioether (sulfide) groups is 1. The first-order chi connectivity index (χ1) is 17.0. The quantitative estimate of drug-likeness (QED) is 0.324. The number of ether oxygens (including phenoxy) is 2. The molecule has 0 unspecified atom stereocenters. The van der Waals surface area contributed by atoms with Crippen LogP contribution in [-0.4, -0.2) is 34.0 Å². The van der Waals surface area contributed by atoms with Crippen LogP contribution >= 0.6 is 11.8 Å². The molecule has 0 saturated carbocycles. The van der Waals surface area contributed by atoms with E-state index < -0.39 is 11.9 Å². The molecule has 0 saturated heterocycles. The van der Waals surface area contributed by atoms with Gasteiger partial charge in [-0.3, -0.25) is 19.5 Å². The molecule has 5 rings (SSSR count). The number of carbonyl (C=O) groups is 2. The normalized spacial score (nSPS) is 11.9. The first-order valence-electron chi connectivity index (χ1n) is 10.7. The second kappa shape index (κ2) is 9.51. The van der Waals surface area contributed by atoms with Crippen molar-refractivity contribution in [2.45, 2.75) is 12.1 Å². The van der Waals surface area contributed by atoms with Gasteiger partial charge in [-0.1, -0.05) is 41.6 Å². The molecule has 1 aliphatic heterocycles. The number of para-hydroxylation sites is 1. The van der Waals surface area contributed by atoms with E-state index >= 15 is 0 Å². The van der Waals surface area contributed by atoms with Crippen molar-refractivity contribution in [3.05, 3.63) is 82.6 Å². The monoisotopic (exact) mass is 488 g/mol. The summed E-state index contributed by atoms with van der Waals surface area (Å²) in [5.41, 5.74) is 2.45. The molecule has 0 bridgehead atoms. The molecule has 10 heteroatoms. The summed E-state index contributed by atoms with van der Waals surface area (Å²) < 4.78 is 12.0. The molecule has 0 spiro atoms. The van der Waals surface area contributed by atoms with E-state index in [1.807, 2.05) is 31.2 Å². The summed E-state index contributed by atoms with van der Waals surface area (Å²) in [6.45, 7) is 2.08. The number of aromatic nitrogens is 2. The Morgan fingerprint density at radius 3 is 2.63 bits per heavy atom. The summed E-state index contributed by atoms with van der Waals surface area (Å²) in [5.74, 6) is 0.448. The van der Waals surface area contributed by atoms with E-state index in [0.717, 1.165) is 17.3 Å². The fourth-order valence-electron chi connectivity index (χ4n) is 3.56. The van der Waals surface area contributed by atoms with E-state index in [4.69, 9.17) is 9.47 Å². The fraction of sp³-hybridized carbons (Fsp3) is 0.120. The molecule has 176 valence electrons. The number of carbonyl (C=O) groups excluding carboxylic acids is 2. The molecule has 3 aromatic carbocycles. The number of hydrogen-bond donors (Lipinski definition) is 2. The summed E-state index contributed by atoms with van der Waals surface area (Å²) in [7, 11) is 0. The van der Waals surface area contributed by atoms with Crippen molar-refractivity contribution >= 4 is 40.3 Å². The number of fused-ring (bicyclic) bond motifs is 2. The molecule has 0 atom stereocenters. The van der Waals surface area contributed by atoms with Crippen molar-refractivity contribution in [1.29, 1.82) is 0 Å². The third-order valence-corrected chi connectivity index (χ3v) is 6.19. The highest BCUT2D eigenvalue weighted by Gasteiger charge is 2.17. The smallest absolute Gasteiger partial charge is 0.325 e. The Kier molecular flexibility index (Phi) is 6.11. The predicted octanol–water partition coefficient (Wildman–Crippen LogP) is 3.86. The second-order valence-electron chi connectivity index (χ2n) is 7.75. The summed E-state index contributed by atoms with van der Waals surface area (Å²) in [5, 5.41) is 5.71. The van der Waals surface area contributed by atoms with Crippen LogP contribution in [0.25, 0.3) is 16.6 Å². The van der Waals surface area contributed by atoms with Crippen LogP contribution in [0, 0.1) is 6.92 Å². The molecular formula is C25H20N4O5S. The molecule has 0 radical (unpaired) electrons. The van der Waals surface area contributed by atoms with E-state index in [2.05, 4.69) is 15.6 Å². The van der Waals surface area contributed by atoms with Crippen molar-refractivity contribution < 1.29 is 19.1 Å². The van der Waals surface area contributed by atoms with Crippen LogP contribution in [0.5, 0.6) is 11.5 Å². The van der Waals surface area contributed by atoms with Gasteiger partial charge in [0.1, 0.15) is 0 Å². The molecule has 35 heavy (non-hydrogen) atoms. The highest BCUT2D eigenvalue weighted by atomic mass is 32.2. The number of benzene rings is 3. The predicted molar refractivity (Wildman–Crippen MR) is 133 cm³/mol. The second-order valence-corrected chi connectivity index (χ2v) is 8.69. The number of imide groups is 1. The minimum Gasteiger partial charge on any atom is -0.454 e. The molecule has 3 amide bonds. The van der Waals surface area contributed by atoms with Gasteiger partial charge < -0.3 is 14.8 Å². The van der Waals surface area contributed by atoms with Crippen molar-refractivity contribution in [1.82, 2.24) is 14.9 Å². The lowest BCUT2D eigenvalue weighted by molar-refractivity contribution is -0.117. The number of aryl methyl sites for hydroxylation is 1. The van der Waals surface area contributed by atoms with Gasteiger partial charge in [0, 0.05) is 11.8 Å². The van der Waals surface area contributed by atoms with Crippen molar-refractivity contribution in [2.75, 3.05) is 17.9 Å². The highest BCUT2D eigenvalue weighted by Crippen LogP contribution is 2.34. The van der Waals surface area contributed by atoms with Gasteiger partial charge in [0.15, 0.2) is 16.7 Å². The average Bonchev–Trinajstić information content (AvgIpc) is 3.31. The Labute approximate surface area is 204 Å². The minimum atomic E-state index is -0.683. The Hall–Kier alpha value is -4.31. The van der Waals surface area contributed by atoms with Crippen LogP contribution in [0.15, 0.2) is 76.7 Å². The van der Waals surface area contributed by atoms with Gasteiger partial charge in [-0.25, -0.2) is 9.78 Å². The minimum absolute atomic E-state index is 0.120. The first-order valence-corrected chi connectivity index (χ1v) is 11.7. The third-order valence-electron chi connectivity index (χ3n) is 5.25. The van der Waals surface area contributed by atoms with E-state index in [1.54, 1.807) is 42.5 Å². The van der Waals surface area contributed by atoms with Crippen LogP contribution in [0.4, 0.5) is 10.5 Å². The van der Waals surface area contributed by atoms with Gasteiger partial charge in [-0.2, -0.15) is 0 Å². The molecule has 9 nitrogen and oxygen atoms in total. The van der Waals surface area contributed by atoms with Gasteiger partial charge in [-0.05, 0) is 43.3 Å². The number of amides is 3. The maximum absolute atomic E-state index is 13.3. The molecule has 2 N–H and O–H groups in total. The topological polar surface area (TPSA) is 112 Å². The number of urea groups is 1. The Morgan fingerprint density at radius 2 is 1.80 bits per heavy atom. The van der Waals surface area contributed by atoms with Gasteiger partial charge >= 0.3 is 6.03 Å². The standard InChI is InChI=1S/C25H20N4O5S/c1-15-6-9-17(10-7-15)29-23(31)18-4-2-3-5-19(18)27-25(29)35-13-22(30)28-24(32)26-16-8-11-20-21(12-16)34-14-33-20/h2-12H,13-14H2,1H3,(H2,26,28,30,32). The molecule has 0 fully saturated rings. The van der Waals surface area contributed by atoms with E-state index in [1.165, 1.54) is 4.57 Å². The molecule has 4 aromatic rings. The summed E-state index contributed by atoms with van der Waals surface area (Å²) >= 11 is 1.07. The Balaban J connectivity index is 1.32. The number of hydrogen-bond acceptors (Lipinski definition) is 7. The van der Waals surface area contributed by atoms with Gasteiger partial charge in [0.05, 0.1) is 22.3 Å². The summed E-state index contributed by atoms with van der Waals surface area (Å²) in [4.78, 5) is 42.7. The van der Waals surface area contributed by atoms with Gasteiger partial charge in [0.2, 0.25) is 12.7 Å². The molecule has 1 aliphatic rings. The summed E-state index contributed by atoms with van der Waals surface area (Å²) in [6, 6.07) is 18.8. The molecular weight excluding hydrogens is 468 g/mol. The van der Waals surface area contributed by atoms with Crippen molar-refractivity contribution in [2.24, 2.45) is 0 Å². The number of nitrogens with zero attached hydrogens (tertiary/aromatic N) is 2. The van der Waals surface area contributed by atoms with E-state index in [0.29, 0.717) is 38.9 Å². The Morgan fingerprint density at radius 1 is 1.03 bits per heavy atom. The van der Waals surface area contributed by atoms with Crippen LogP contribution in [-0.2, 0) is 4.79 Å². The van der Waals surface area contributed by atoms with Crippen LogP contribution in [0.2, 0.25) is 0 Å². The van der Waals surface area contributed by atoms with Crippen molar-refractivity contribution in [3.8, 4) is 17.2 Å². The van der Waals surface area contributed by atoms with E-state index in [9.17, 15) is 14.4 Å². The maximum atomic E-state index is 13.3. The molecule has 2 heterocycles. The number of nitrogens with one attached hydrogen (secondary N) is 2. The lowest BCUT2D eigenvalue weighted by atomic mass is 10.2. The zero-order valence-corrected chi connectivity index (χ0v) is 19.4. The largest absolute Gasteiger partial charge is 0.454 e. The number of anilines is 1. The summed E-state index contributed by atoms with van der Waals surface area (Å²) in [6.07, 6.45) is 0. The van der Waals surface area contributed by atoms with Crippen LogP contribution in [0.3, 0.4) is 0 Å². The molecule has 1 aromatic heterocycles. The third kappa shape index (κ3) is 4.82. The van der Waals surface area contributed by atoms with Gasteiger partial charge in [0.25, 0.3) is 5.56 Å². The highest BCUT2D eigenvalue weighted by molar-refractivity contribution is 7.99. The fourth-order valence-corrected chi connectivity index (χ4v) is 4.37. The van der Waals surface area contributed by atoms with Crippen LogP contribution < -0.4 is 25.7 Å². The lowest BCUT2D eigenvalue weighted by Crippen LogP contribution is -2.35. The number of rotatable bonds is 5. The zero-order chi connectivity index (χ0) is 24.4. The van der Waals surface area contributed by atoms with E-state index in [-0.39, 0.29) is 18.1 Å². The SMILES string of the molecule is Cc1ccc(-n2c(SCC(=O)NC(=O)Nc3ccc4c(c3)OCO4)nc3ccccc3c2=O)cc1. The molecule has 0 aliphatic carbocycles. The van der Waals surface area contributed by atoms with Crippen molar-refractivity contribution in [3.63, 3.8) is 0 Å². The first kappa shape index (κ1) is 22.5. The maximum Gasteiger partial charge on any atom is 0.325 e. The van der Waals surface area contributed by atoms with Crippen LogP contribution in [0.1, 0.15) is 5.56 Å². The van der Waals surface area contributed by atoms with Gasteiger partial charge in [-0.15, -0.1) is 0 Å². The zero-order valence-electron chi connectivity index (χ0n) is 18.6.